The fourth-order valence-electron chi connectivity index (χ4n) is 1.37. The molecule has 4 nitrogen and oxygen atoms in total. The maximum atomic E-state index is 11.0. The maximum absolute atomic E-state index is 11.0. The van der Waals surface area contributed by atoms with Gasteiger partial charge < -0.3 is 15.2 Å². The SMILES string of the molecule is CCOC(=O)NCCCc1ccc(O)c(Br)c1. The molecule has 17 heavy (non-hydrogen) atoms. The largest absolute Gasteiger partial charge is 0.507 e. The summed E-state index contributed by atoms with van der Waals surface area (Å²) in [6, 6.07) is 5.39. The van der Waals surface area contributed by atoms with Crippen LogP contribution in [0.25, 0.3) is 0 Å². The lowest BCUT2D eigenvalue weighted by Gasteiger charge is -2.06. The number of aryl methyl sites for hydroxylation is 1. The second-order valence-corrected chi connectivity index (χ2v) is 4.39. The Hall–Kier alpha value is -1.23. The standard InChI is InChI=1S/C12H16BrNO3/c1-2-17-12(16)14-7-3-4-9-5-6-11(15)10(13)8-9/h5-6,8,15H,2-4,7H2,1H3,(H,14,16). The Bertz CT molecular complexity index is 382. The summed E-state index contributed by atoms with van der Waals surface area (Å²) in [6.07, 6.45) is 1.29. The zero-order valence-electron chi connectivity index (χ0n) is 9.70. The highest BCUT2D eigenvalue weighted by molar-refractivity contribution is 9.10. The number of ether oxygens (including phenoxy) is 1. The number of nitrogens with one attached hydrogen (secondary N) is 1. The van der Waals surface area contributed by atoms with Gasteiger partial charge in [-0.05, 0) is 53.4 Å². The number of rotatable bonds is 5. The summed E-state index contributed by atoms with van der Waals surface area (Å²) in [7, 11) is 0. The van der Waals surface area contributed by atoms with Gasteiger partial charge in [-0.15, -0.1) is 0 Å². The number of alkyl carbamates (subject to hydrolysis) is 1. The lowest BCUT2D eigenvalue weighted by Crippen LogP contribution is -2.25. The van der Waals surface area contributed by atoms with Gasteiger partial charge in [0, 0.05) is 6.54 Å². The van der Waals surface area contributed by atoms with Crippen molar-refractivity contribution >= 4 is 22.0 Å². The molecule has 0 saturated heterocycles. The number of carbonyl (C=O) groups is 1. The van der Waals surface area contributed by atoms with Crippen LogP contribution in [0, 0.1) is 0 Å². The Balaban J connectivity index is 2.26. The molecule has 94 valence electrons. The van der Waals surface area contributed by atoms with Gasteiger partial charge in [0.25, 0.3) is 0 Å². The van der Waals surface area contributed by atoms with E-state index in [0.717, 1.165) is 18.4 Å². The van der Waals surface area contributed by atoms with E-state index in [0.29, 0.717) is 17.6 Å². The molecule has 0 bridgehead atoms. The van der Waals surface area contributed by atoms with Crippen LogP contribution >= 0.6 is 15.9 Å². The third-order valence-electron chi connectivity index (χ3n) is 2.20. The Kier molecular flexibility index (Phi) is 5.83. The number of benzene rings is 1. The van der Waals surface area contributed by atoms with Gasteiger partial charge in [0.05, 0.1) is 11.1 Å². The number of hydrogen-bond donors (Lipinski definition) is 2. The summed E-state index contributed by atoms with van der Waals surface area (Å²) in [5.41, 5.74) is 1.11. The smallest absolute Gasteiger partial charge is 0.407 e. The predicted octanol–water partition coefficient (Wildman–Crippen LogP) is 2.83. The van der Waals surface area contributed by atoms with E-state index >= 15 is 0 Å². The molecular formula is C12H16BrNO3. The Morgan fingerprint density at radius 1 is 1.53 bits per heavy atom. The molecule has 0 aliphatic rings. The molecule has 0 saturated carbocycles. The summed E-state index contributed by atoms with van der Waals surface area (Å²) < 4.78 is 5.43. The van der Waals surface area contributed by atoms with E-state index in [1.54, 1.807) is 13.0 Å². The first-order valence-electron chi connectivity index (χ1n) is 5.51. The molecule has 0 fully saturated rings. The molecular weight excluding hydrogens is 286 g/mol. The minimum atomic E-state index is -0.376. The number of carbonyl (C=O) groups excluding carboxylic acids is 1. The first-order valence-corrected chi connectivity index (χ1v) is 6.30. The molecule has 0 aliphatic carbocycles. The summed E-state index contributed by atoms with van der Waals surface area (Å²) >= 11 is 3.26. The average Bonchev–Trinajstić information content (AvgIpc) is 2.29. The Morgan fingerprint density at radius 3 is 2.94 bits per heavy atom. The molecule has 0 aromatic heterocycles. The molecule has 0 heterocycles. The molecule has 0 unspecified atom stereocenters. The van der Waals surface area contributed by atoms with Crippen LogP contribution in [0.15, 0.2) is 22.7 Å². The number of aromatic hydroxyl groups is 1. The molecule has 1 aromatic rings. The van der Waals surface area contributed by atoms with E-state index in [-0.39, 0.29) is 11.8 Å². The fourth-order valence-corrected chi connectivity index (χ4v) is 1.80. The number of hydrogen-bond acceptors (Lipinski definition) is 3. The van der Waals surface area contributed by atoms with Crippen molar-refractivity contribution in [3.8, 4) is 5.75 Å². The molecule has 0 radical (unpaired) electrons. The van der Waals surface area contributed by atoms with Crippen LogP contribution in [0.2, 0.25) is 0 Å². The second kappa shape index (κ2) is 7.17. The van der Waals surface area contributed by atoms with Crippen LogP contribution in [0.3, 0.4) is 0 Å². The predicted molar refractivity (Wildman–Crippen MR) is 69.2 cm³/mol. The van der Waals surface area contributed by atoms with Crippen molar-refractivity contribution < 1.29 is 14.6 Å². The maximum Gasteiger partial charge on any atom is 0.407 e. The first-order chi connectivity index (χ1) is 8.13. The summed E-state index contributed by atoms with van der Waals surface area (Å²) in [5.74, 6) is 0.235. The molecule has 0 aliphatic heterocycles. The van der Waals surface area contributed by atoms with Gasteiger partial charge in [0.15, 0.2) is 0 Å². The van der Waals surface area contributed by atoms with E-state index < -0.39 is 0 Å². The average molecular weight is 302 g/mol. The summed E-state index contributed by atoms with van der Waals surface area (Å²) in [6.45, 7) is 2.74. The highest BCUT2D eigenvalue weighted by atomic mass is 79.9. The Morgan fingerprint density at radius 2 is 2.29 bits per heavy atom. The molecule has 0 atom stereocenters. The highest BCUT2D eigenvalue weighted by Crippen LogP contribution is 2.24. The van der Waals surface area contributed by atoms with Crippen LogP contribution in [0.1, 0.15) is 18.9 Å². The van der Waals surface area contributed by atoms with Crippen LogP contribution in [0.5, 0.6) is 5.75 Å². The van der Waals surface area contributed by atoms with Crippen molar-refractivity contribution in [1.82, 2.24) is 5.32 Å². The van der Waals surface area contributed by atoms with Crippen molar-refractivity contribution in [2.24, 2.45) is 0 Å². The van der Waals surface area contributed by atoms with Crippen molar-refractivity contribution in [3.63, 3.8) is 0 Å². The van der Waals surface area contributed by atoms with E-state index in [1.165, 1.54) is 0 Å². The van der Waals surface area contributed by atoms with Crippen molar-refractivity contribution in [2.45, 2.75) is 19.8 Å². The van der Waals surface area contributed by atoms with E-state index in [9.17, 15) is 9.90 Å². The monoisotopic (exact) mass is 301 g/mol. The Labute approximate surface area is 109 Å². The van der Waals surface area contributed by atoms with Gasteiger partial charge in [-0.2, -0.15) is 0 Å². The third kappa shape index (κ3) is 5.08. The molecule has 1 rings (SSSR count). The zero-order chi connectivity index (χ0) is 12.7. The van der Waals surface area contributed by atoms with E-state index in [4.69, 9.17) is 4.74 Å². The van der Waals surface area contributed by atoms with Crippen LogP contribution in [0.4, 0.5) is 4.79 Å². The lowest BCUT2D eigenvalue weighted by molar-refractivity contribution is 0.152. The lowest BCUT2D eigenvalue weighted by atomic mass is 10.1. The van der Waals surface area contributed by atoms with E-state index in [2.05, 4.69) is 21.2 Å². The van der Waals surface area contributed by atoms with Crippen molar-refractivity contribution in [1.29, 1.82) is 0 Å². The zero-order valence-corrected chi connectivity index (χ0v) is 11.3. The summed E-state index contributed by atoms with van der Waals surface area (Å²) in [5, 5.41) is 12.0. The highest BCUT2D eigenvalue weighted by Gasteiger charge is 2.01. The second-order valence-electron chi connectivity index (χ2n) is 3.54. The fraction of sp³-hybridized carbons (Fsp3) is 0.417. The topological polar surface area (TPSA) is 58.6 Å². The van der Waals surface area contributed by atoms with Crippen LogP contribution in [-0.2, 0) is 11.2 Å². The normalized spacial score (nSPS) is 10.0. The number of phenolic OH excluding ortho intramolecular Hbond substituents is 1. The molecule has 1 aromatic carbocycles. The first kappa shape index (κ1) is 13.8. The molecule has 2 N–H and O–H groups in total. The van der Waals surface area contributed by atoms with Gasteiger partial charge in [0.2, 0.25) is 0 Å². The third-order valence-corrected chi connectivity index (χ3v) is 2.83. The molecule has 0 spiro atoms. The summed E-state index contributed by atoms with van der Waals surface area (Å²) in [4.78, 5) is 11.0. The number of amides is 1. The van der Waals surface area contributed by atoms with Gasteiger partial charge in [0.1, 0.15) is 5.75 Å². The van der Waals surface area contributed by atoms with Crippen molar-refractivity contribution in [2.75, 3.05) is 13.2 Å². The minimum absolute atomic E-state index is 0.235. The number of phenols is 1. The molecule has 1 amide bonds. The van der Waals surface area contributed by atoms with Gasteiger partial charge in [-0.25, -0.2) is 4.79 Å². The van der Waals surface area contributed by atoms with Gasteiger partial charge in [-0.3, -0.25) is 0 Å². The minimum Gasteiger partial charge on any atom is -0.507 e. The van der Waals surface area contributed by atoms with Crippen LogP contribution in [-0.4, -0.2) is 24.4 Å². The van der Waals surface area contributed by atoms with Gasteiger partial charge >= 0.3 is 6.09 Å². The number of halogens is 1. The van der Waals surface area contributed by atoms with Crippen LogP contribution < -0.4 is 5.32 Å². The van der Waals surface area contributed by atoms with E-state index in [1.807, 2.05) is 12.1 Å². The van der Waals surface area contributed by atoms with Crippen molar-refractivity contribution in [3.05, 3.63) is 28.2 Å². The molecule has 5 heteroatoms. The quantitative estimate of drug-likeness (QED) is 0.822. The van der Waals surface area contributed by atoms with Gasteiger partial charge in [-0.1, -0.05) is 6.07 Å².